The highest BCUT2D eigenvalue weighted by Gasteiger charge is 2.19. The molecular formula is C18H33N4O6P. The molecule has 0 aliphatic rings. The quantitative estimate of drug-likeness (QED) is 0.453. The fourth-order valence-corrected chi connectivity index (χ4v) is 2.93. The summed E-state index contributed by atoms with van der Waals surface area (Å²) in [5.41, 5.74) is -0.206. The van der Waals surface area contributed by atoms with Gasteiger partial charge in [0, 0.05) is 20.2 Å². The van der Waals surface area contributed by atoms with Crippen molar-refractivity contribution in [1.82, 2.24) is 18.7 Å². The average Bonchev–Trinajstić information content (AvgIpc) is 3.14. The van der Waals surface area contributed by atoms with Crippen molar-refractivity contribution in [3.63, 3.8) is 0 Å². The minimum absolute atomic E-state index is 0.103. The first-order chi connectivity index (χ1) is 13.8. The SMILES string of the molecule is CCCC.CCn1c(=O)n(CCCCO[PH](=O)O)c(=O)c2c1ncn2C(C)OC. The van der Waals surface area contributed by atoms with E-state index in [4.69, 9.17) is 9.63 Å². The van der Waals surface area contributed by atoms with Gasteiger partial charge in [0.2, 0.25) is 0 Å². The molecule has 0 saturated carbocycles. The molecule has 2 atom stereocenters. The van der Waals surface area contributed by atoms with E-state index < -0.39 is 25.7 Å². The van der Waals surface area contributed by atoms with Crippen molar-refractivity contribution in [3.8, 4) is 0 Å². The monoisotopic (exact) mass is 432 g/mol. The fourth-order valence-electron chi connectivity index (χ4n) is 2.61. The lowest BCUT2D eigenvalue weighted by molar-refractivity contribution is 0.0635. The molecule has 10 nitrogen and oxygen atoms in total. The summed E-state index contributed by atoms with van der Waals surface area (Å²) in [6, 6.07) is 0. The van der Waals surface area contributed by atoms with Crippen LogP contribution in [0.1, 0.15) is 59.6 Å². The van der Waals surface area contributed by atoms with Gasteiger partial charge in [0.25, 0.3) is 5.56 Å². The zero-order valence-corrected chi connectivity index (χ0v) is 18.9. The highest BCUT2D eigenvalue weighted by Crippen LogP contribution is 2.15. The van der Waals surface area contributed by atoms with Gasteiger partial charge in [0.15, 0.2) is 11.2 Å². The Labute approximate surface area is 171 Å². The largest absolute Gasteiger partial charge is 0.362 e. The van der Waals surface area contributed by atoms with Gasteiger partial charge < -0.3 is 14.2 Å². The second-order valence-electron chi connectivity index (χ2n) is 6.46. The third-order valence-corrected chi connectivity index (χ3v) is 4.94. The number of methoxy groups -OCH3 is 1. The summed E-state index contributed by atoms with van der Waals surface area (Å²) < 4.78 is 24.6. The molecule has 2 rings (SSSR count). The minimum Gasteiger partial charge on any atom is -0.362 e. The smallest absolute Gasteiger partial charge is 0.332 e. The molecule has 0 aliphatic carbocycles. The van der Waals surface area contributed by atoms with Crippen LogP contribution in [0.2, 0.25) is 0 Å². The second-order valence-corrected chi connectivity index (χ2v) is 7.28. The Hall–Kier alpha value is -1.74. The number of hydrogen-bond acceptors (Lipinski definition) is 6. The van der Waals surface area contributed by atoms with E-state index in [2.05, 4.69) is 23.4 Å². The van der Waals surface area contributed by atoms with Gasteiger partial charge in [-0.3, -0.25) is 23.1 Å². The zero-order chi connectivity index (χ0) is 22.0. The van der Waals surface area contributed by atoms with Crippen LogP contribution in [0.15, 0.2) is 15.9 Å². The molecule has 2 unspecified atom stereocenters. The number of rotatable bonds is 10. The van der Waals surface area contributed by atoms with Crippen LogP contribution in [0.5, 0.6) is 0 Å². The minimum atomic E-state index is -2.95. The van der Waals surface area contributed by atoms with Gasteiger partial charge in [-0.05, 0) is 26.7 Å². The first-order valence-corrected chi connectivity index (χ1v) is 11.2. The summed E-state index contributed by atoms with van der Waals surface area (Å²) in [7, 11) is -1.43. The lowest BCUT2D eigenvalue weighted by atomic mass is 10.3. The Bertz CT molecular complexity index is 902. The van der Waals surface area contributed by atoms with E-state index in [-0.39, 0.29) is 13.2 Å². The van der Waals surface area contributed by atoms with Gasteiger partial charge in [0.05, 0.1) is 12.9 Å². The standard InChI is InChI=1S/C14H23N4O6P.C4H10/c1-4-16-12-11(18(9-15-12)10(2)23-3)13(19)17(14(16)20)7-5-6-8-24-25(21)22;1-3-4-2/h9-10,25H,4-8H2,1-3H3,(H,21,22);3-4H2,1-2H3. The maximum absolute atomic E-state index is 12.8. The van der Waals surface area contributed by atoms with Gasteiger partial charge >= 0.3 is 13.9 Å². The van der Waals surface area contributed by atoms with Crippen molar-refractivity contribution in [2.75, 3.05) is 13.7 Å². The van der Waals surface area contributed by atoms with Gasteiger partial charge in [-0.15, -0.1) is 0 Å². The zero-order valence-electron chi connectivity index (χ0n) is 17.9. The molecule has 2 aromatic rings. The Morgan fingerprint density at radius 3 is 2.34 bits per heavy atom. The molecule has 0 bridgehead atoms. The molecule has 1 N–H and O–H groups in total. The number of aromatic nitrogens is 4. The van der Waals surface area contributed by atoms with Crippen LogP contribution in [0.25, 0.3) is 11.2 Å². The van der Waals surface area contributed by atoms with E-state index in [1.807, 2.05) is 0 Å². The number of ether oxygens (including phenoxy) is 1. The maximum atomic E-state index is 12.8. The Kier molecular flexibility index (Phi) is 11.1. The number of unbranched alkanes of at least 4 members (excludes halogenated alkanes) is 2. The lowest BCUT2D eigenvalue weighted by Crippen LogP contribution is -2.40. The number of fused-ring (bicyclic) bond motifs is 1. The third-order valence-electron chi connectivity index (χ3n) is 4.49. The van der Waals surface area contributed by atoms with Crippen molar-refractivity contribution in [1.29, 1.82) is 0 Å². The van der Waals surface area contributed by atoms with Gasteiger partial charge in [-0.25, -0.2) is 9.78 Å². The molecule has 0 spiro atoms. The van der Waals surface area contributed by atoms with E-state index in [1.54, 1.807) is 18.4 Å². The Balaban J connectivity index is 0.000000960. The molecule has 29 heavy (non-hydrogen) atoms. The number of nitrogens with zero attached hydrogens (tertiary/aromatic N) is 4. The first-order valence-electron chi connectivity index (χ1n) is 9.92. The molecule has 2 heterocycles. The molecule has 0 saturated heterocycles. The van der Waals surface area contributed by atoms with Crippen LogP contribution in [0.4, 0.5) is 0 Å². The average molecular weight is 432 g/mol. The van der Waals surface area contributed by atoms with Crippen molar-refractivity contribution >= 4 is 19.4 Å². The van der Waals surface area contributed by atoms with Crippen LogP contribution in [0.3, 0.4) is 0 Å². The van der Waals surface area contributed by atoms with Gasteiger partial charge in [-0.2, -0.15) is 0 Å². The van der Waals surface area contributed by atoms with Crippen LogP contribution >= 0.6 is 8.25 Å². The van der Waals surface area contributed by atoms with E-state index in [0.29, 0.717) is 30.6 Å². The second kappa shape index (κ2) is 12.7. The summed E-state index contributed by atoms with van der Waals surface area (Å²) in [5, 5.41) is 0. The lowest BCUT2D eigenvalue weighted by Gasteiger charge is -2.14. The van der Waals surface area contributed by atoms with Crippen LogP contribution < -0.4 is 11.2 Å². The summed E-state index contributed by atoms with van der Waals surface area (Å²) in [6.45, 7) is 8.62. The van der Waals surface area contributed by atoms with Crippen LogP contribution in [0, 0.1) is 0 Å². The Morgan fingerprint density at radius 2 is 1.83 bits per heavy atom. The maximum Gasteiger partial charge on any atom is 0.332 e. The third kappa shape index (κ3) is 6.64. The Morgan fingerprint density at radius 1 is 1.17 bits per heavy atom. The summed E-state index contributed by atoms with van der Waals surface area (Å²) >= 11 is 0. The number of imidazole rings is 1. The van der Waals surface area contributed by atoms with E-state index in [0.717, 1.165) is 4.57 Å². The fraction of sp³-hybridized carbons (Fsp3) is 0.722. The predicted octanol–water partition coefficient (Wildman–Crippen LogP) is 2.53. The van der Waals surface area contributed by atoms with Crippen molar-refractivity contribution in [2.24, 2.45) is 0 Å². The summed E-state index contributed by atoms with van der Waals surface area (Å²) in [5.74, 6) is 0. The normalized spacial score (nSPS) is 13.2. The molecule has 0 amide bonds. The number of hydrogen-bond donors (Lipinski definition) is 1. The van der Waals surface area contributed by atoms with Crippen molar-refractivity contribution in [3.05, 3.63) is 27.2 Å². The van der Waals surface area contributed by atoms with Crippen molar-refractivity contribution in [2.45, 2.75) is 72.7 Å². The van der Waals surface area contributed by atoms with Gasteiger partial charge in [0.1, 0.15) is 6.23 Å². The predicted molar refractivity (Wildman–Crippen MR) is 113 cm³/mol. The van der Waals surface area contributed by atoms with Gasteiger partial charge in [-0.1, -0.05) is 26.7 Å². The highest BCUT2D eigenvalue weighted by atomic mass is 31.1. The van der Waals surface area contributed by atoms with E-state index >= 15 is 0 Å². The molecule has 2 aromatic heterocycles. The summed E-state index contributed by atoms with van der Waals surface area (Å²) in [4.78, 5) is 38.2. The van der Waals surface area contributed by atoms with Crippen LogP contribution in [-0.4, -0.2) is 37.3 Å². The molecular weight excluding hydrogens is 399 g/mol. The highest BCUT2D eigenvalue weighted by molar-refractivity contribution is 7.32. The number of aryl methyl sites for hydroxylation is 1. The first kappa shape index (κ1) is 25.3. The van der Waals surface area contributed by atoms with Crippen molar-refractivity contribution < 1.29 is 18.7 Å². The molecule has 0 aliphatic heterocycles. The summed E-state index contributed by atoms with van der Waals surface area (Å²) in [6.07, 6.45) is 4.65. The molecule has 0 aromatic carbocycles. The molecule has 11 heteroatoms. The topological polar surface area (TPSA) is 118 Å². The molecule has 0 radical (unpaired) electrons. The van der Waals surface area contributed by atoms with Crippen LogP contribution in [-0.2, 0) is 26.9 Å². The van der Waals surface area contributed by atoms with E-state index in [1.165, 1.54) is 30.8 Å². The molecule has 166 valence electrons. The van der Waals surface area contributed by atoms with E-state index in [9.17, 15) is 14.2 Å². The molecule has 0 fully saturated rings.